The van der Waals surface area contributed by atoms with Crippen molar-refractivity contribution in [1.82, 2.24) is 5.32 Å². The summed E-state index contributed by atoms with van der Waals surface area (Å²) in [6, 6.07) is 10.1. The summed E-state index contributed by atoms with van der Waals surface area (Å²) in [6.07, 6.45) is 5.18. The van der Waals surface area contributed by atoms with Crippen molar-refractivity contribution in [2.45, 2.75) is 25.7 Å². The van der Waals surface area contributed by atoms with Crippen LogP contribution in [0.2, 0.25) is 0 Å². The molecule has 1 saturated heterocycles. The van der Waals surface area contributed by atoms with Crippen LogP contribution >= 0.6 is 0 Å². The van der Waals surface area contributed by atoms with Gasteiger partial charge in [-0.3, -0.25) is 0 Å². The second-order valence-corrected chi connectivity index (χ2v) is 4.52. The molecule has 0 radical (unpaired) electrons. The van der Waals surface area contributed by atoms with Gasteiger partial charge in [-0.1, -0.05) is 18.2 Å². The molecule has 88 valence electrons. The van der Waals surface area contributed by atoms with Gasteiger partial charge in [0.05, 0.1) is 6.61 Å². The molecule has 0 bridgehead atoms. The first-order valence-corrected chi connectivity index (χ1v) is 6.34. The highest BCUT2D eigenvalue weighted by Crippen LogP contribution is 2.16. The Labute approximate surface area is 98.0 Å². The molecule has 1 unspecified atom stereocenters. The molecule has 0 aliphatic carbocycles. The first-order valence-electron chi connectivity index (χ1n) is 6.34. The maximum absolute atomic E-state index is 5.68. The summed E-state index contributed by atoms with van der Waals surface area (Å²) in [4.78, 5) is 0. The number of hydrogen-bond donors (Lipinski definition) is 1. The fourth-order valence-corrected chi connectivity index (χ4v) is 2.25. The van der Waals surface area contributed by atoms with E-state index in [1.54, 1.807) is 0 Å². The lowest BCUT2D eigenvalue weighted by Gasteiger charge is -2.22. The van der Waals surface area contributed by atoms with Crippen molar-refractivity contribution in [2.24, 2.45) is 5.92 Å². The van der Waals surface area contributed by atoms with Crippen molar-refractivity contribution in [3.05, 3.63) is 30.3 Å². The van der Waals surface area contributed by atoms with Gasteiger partial charge < -0.3 is 10.1 Å². The fraction of sp³-hybridized carbons (Fsp3) is 0.571. The lowest BCUT2D eigenvalue weighted by Crippen LogP contribution is -2.29. The third kappa shape index (κ3) is 3.86. The Hall–Kier alpha value is -1.02. The van der Waals surface area contributed by atoms with Gasteiger partial charge in [-0.25, -0.2) is 0 Å². The zero-order valence-electron chi connectivity index (χ0n) is 9.82. The highest BCUT2D eigenvalue weighted by molar-refractivity contribution is 5.20. The Kier molecular flexibility index (Phi) is 4.69. The van der Waals surface area contributed by atoms with E-state index in [-0.39, 0.29) is 0 Å². The van der Waals surface area contributed by atoms with Gasteiger partial charge in [-0.05, 0) is 56.8 Å². The monoisotopic (exact) mass is 219 g/mol. The van der Waals surface area contributed by atoms with Gasteiger partial charge in [-0.15, -0.1) is 0 Å². The molecule has 16 heavy (non-hydrogen) atoms. The Morgan fingerprint density at radius 3 is 2.88 bits per heavy atom. The van der Waals surface area contributed by atoms with E-state index in [2.05, 4.69) is 5.32 Å². The largest absolute Gasteiger partial charge is 0.494 e. The number of para-hydroxylation sites is 1. The molecule has 0 spiro atoms. The van der Waals surface area contributed by atoms with Crippen LogP contribution < -0.4 is 10.1 Å². The van der Waals surface area contributed by atoms with E-state index in [0.717, 1.165) is 18.3 Å². The zero-order chi connectivity index (χ0) is 11.1. The molecule has 1 N–H and O–H groups in total. The summed E-state index contributed by atoms with van der Waals surface area (Å²) in [5.74, 6) is 1.86. The molecule has 1 fully saturated rings. The molecule has 1 aliphatic heterocycles. The molecule has 1 heterocycles. The van der Waals surface area contributed by atoms with Crippen LogP contribution in [0.4, 0.5) is 0 Å². The standard InChI is InChI=1S/C14H21NO/c1-2-8-14(9-3-1)16-11-5-7-13-6-4-10-15-12-13/h1-3,8-9,13,15H,4-7,10-12H2. The molecule has 2 heteroatoms. The number of hydrogen-bond acceptors (Lipinski definition) is 2. The topological polar surface area (TPSA) is 21.3 Å². The molecular weight excluding hydrogens is 198 g/mol. The highest BCUT2D eigenvalue weighted by Gasteiger charge is 2.11. The van der Waals surface area contributed by atoms with Gasteiger partial charge in [0.1, 0.15) is 5.75 Å². The van der Waals surface area contributed by atoms with E-state index in [0.29, 0.717) is 0 Å². The number of ether oxygens (including phenoxy) is 1. The van der Waals surface area contributed by atoms with Crippen molar-refractivity contribution in [2.75, 3.05) is 19.7 Å². The molecule has 0 aromatic heterocycles. The minimum Gasteiger partial charge on any atom is -0.494 e. The van der Waals surface area contributed by atoms with Crippen LogP contribution in [-0.4, -0.2) is 19.7 Å². The van der Waals surface area contributed by atoms with Crippen LogP contribution in [0.1, 0.15) is 25.7 Å². The summed E-state index contributed by atoms with van der Waals surface area (Å²) in [5, 5.41) is 3.45. The Morgan fingerprint density at radius 1 is 1.25 bits per heavy atom. The quantitative estimate of drug-likeness (QED) is 0.769. The smallest absolute Gasteiger partial charge is 0.119 e. The van der Waals surface area contributed by atoms with Gasteiger partial charge >= 0.3 is 0 Å². The first-order chi connectivity index (χ1) is 7.95. The van der Waals surface area contributed by atoms with E-state index < -0.39 is 0 Å². The maximum Gasteiger partial charge on any atom is 0.119 e. The summed E-state index contributed by atoms with van der Waals surface area (Å²) in [5.41, 5.74) is 0. The number of rotatable bonds is 5. The van der Waals surface area contributed by atoms with Crippen LogP contribution in [0.5, 0.6) is 5.75 Å². The van der Waals surface area contributed by atoms with Crippen molar-refractivity contribution in [1.29, 1.82) is 0 Å². The van der Waals surface area contributed by atoms with Crippen molar-refractivity contribution < 1.29 is 4.74 Å². The number of piperidine rings is 1. The highest BCUT2D eigenvalue weighted by atomic mass is 16.5. The molecule has 0 saturated carbocycles. The maximum atomic E-state index is 5.68. The Balaban J connectivity index is 1.58. The van der Waals surface area contributed by atoms with Crippen LogP contribution in [0.15, 0.2) is 30.3 Å². The van der Waals surface area contributed by atoms with Crippen LogP contribution in [0.25, 0.3) is 0 Å². The SMILES string of the molecule is c1ccc(OCCCC2CCCNC2)cc1. The Bertz CT molecular complexity index is 280. The molecule has 1 atom stereocenters. The van der Waals surface area contributed by atoms with Gasteiger partial charge in [0, 0.05) is 0 Å². The van der Waals surface area contributed by atoms with E-state index in [1.807, 2.05) is 30.3 Å². The lowest BCUT2D eigenvalue weighted by atomic mass is 9.95. The first kappa shape index (κ1) is 11.5. The fourth-order valence-electron chi connectivity index (χ4n) is 2.25. The van der Waals surface area contributed by atoms with Gasteiger partial charge in [-0.2, -0.15) is 0 Å². The summed E-state index contributed by atoms with van der Waals surface area (Å²) in [6.45, 7) is 3.25. The number of nitrogens with one attached hydrogen (secondary N) is 1. The van der Waals surface area contributed by atoms with Gasteiger partial charge in [0.15, 0.2) is 0 Å². The third-order valence-electron chi connectivity index (χ3n) is 3.17. The molecule has 1 aromatic carbocycles. The van der Waals surface area contributed by atoms with E-state index in [9.17, 15) is 0 Å². The molecule has 2 rings (SSSR count). The van der Waals surface area contributed by atoms with Gasteiger partial charge in [0.2, 0.25) is 0 Å². The van der Waals surface area contributed by atoms with Crippen LogP contribution in [0.3, 0.4) is 0 Å². The van der Waals surface area contributed by atoms with Crippen LogP contribution in [0, 0.1) is 5.92 Å². The predicted molar refractivity (Wildman–Crippen MR) is 66.8 cm³/mol. The molecule has 2 nitrogen and oxygen atoms in total. The van der Waals surface area contributed by atoms with Crippen LogP contribution in [-0.2, 0) is 0 Å². The zero-order valence-corrected chi connectivity index (χ0v) is 9.82. The minimum absolute atomic E-state index is 0.848. The lowest BCUT2D eigenvalue weighted by molar-refractivity contribution is 0.275. The number of benzene rings is 1. The average molecular weight is 219 g/mol. The minimum atomic E-state index is 0.848. The van der Waals surface area contributed by atoms with E-state index >= 15 is 0 Å². The Morgan fingerprint density at radius 2 is 2.12 bits per heavy atom. The molecular formula is C14H21NO. The summed E-state index contributed by atoms with van der Waals surface area (Å²) < 4.78 is 5.68. The molecule has 1 aromatic rings. The molecule has 1 aliphatic rings. The van der Waals surface area contributed by atoms with E-state index in [4.69, 9.17) is 4.74 Å². The predicted octanol–water partition coefficient (Wildman–Crippen LogP) is 2.85. The second-order valence-electron chi connectivity index (χ2n) is 4.52. The second kappa shape index (κ2) is 6.54. The summed E-state index contributed by atoms with van der Waals surface area (Å²) in [7, 11) is 0. The summed E-state index contributed by atoms with van der Waals surface area (Å²) >= 11 is 0. The normalized spacial score (nSPS) is 20.6. The van der Waals surface area contributed by atoms with Gasteiger partial charge in [0.25, 0.3) is 0 Å². The van der Waals surface area contributed by atoms with E-state index in [1.165, 1.54) is 38.8 Å². The van der Waals surface area contributed by atoms with Crippen molar-refractivity contribution in [3.8, 4) is 5.75 Å². The van der Waals surface area contributed by atoms with Crippen molar-refractivity contribution >= 4 is 0 Å². The average Bonchev–Trinajstić information content (AvgIpc) is 2.37. The van der Waals surface area contributed by atoms with Crippen molar-refractivity contribution in [3.63, 3.8) is 0 Å². The third-order valence-corrected chi connectivity index (χ3v) is 3.17. The molecule has 0 amide bonds.